The first-order valence-electron chi connectivity index (χ1n) is 6.55. The Labute approximate surface area is 119 Å². The van der Waals surface area contributed by atoms with Crippen LogP contribution < -0.4 is 5.32 Å². The number of aromatic nitrogens is 2. The Morgan fingerprint density at radius 3 is 2.37 bits per heavy atom. The molecule has 102 valence electrons. The van der Waals surface area contributed by atoms with Gasteiger partial charge in [-0.05, 0) is 51.0 Å². The van der Waals surface area contributed by atoms with Crippen molar-refractivity contribution < 1.29 is 0 Å². The fraction of sp³-hybridized carbons (Fsp3) is 0.400. The molecular formula is C15H20ClN3. The molecule has 1 N–H and O–H groups in total. The molecule has 1 heterocycles. The summed E-state index contributed by atoms with van der Waals surface area (Å²) < 4.78 is 1.95. The molecule has 0 saturated carbocycles. The normalized spacial score (nSPS) is 10.8. The summed E-state index contributed by atoms with van der Waals surface area (Å²) in [5.41, 5.74) is 5.57. The lowest BCUT2D eigenvalue weighted by Crippen LogP contribution is -2.08. The first-order valence-corrected chi connectivity index (χ1v) is 6.93. The van der Waals surface area contributed by atoms with E-state index in [1.165, 1.54) is 11.1 Å². The summed E-state index contributed by atoms with van der Waals surface area (Å²) in [6, 6.07) is 6.44. The molecule has 1 aromatic carbocycles. The van der Waals surface area contributed by atoms with Crippen molar-refractivity contribution >= 4 is 17.3 Å². The van der Waals surface area contributed by atoms with Crippen LogP contribution in [0, 0.1) is 20.8 Å². The van der Waals surface area contributed by atoms with Gasteiger partial charge in [-0.1, -0.05) is 17.7 Å². The van der Waals surface area contributed by atoms with Gasteiger partial charge in [0.05, 0.1) is 23.0 Å². The highest BCUT2D eigenvalue weighted by Crippen LogP contribution is 2.22. The zero-order valence-electron chi connectivity index (χ0n) is 11.9. The van der Waals surface area contributed by atoms with Crippen LogP contribution in [0.2, 0.25) is 5.02 Å². The average Bonchev–Trinajstić information content (AvgIpc) is 2.62. The van der Waals surface area contributed by atoms with E-state index in [4.69, 9.17) is 11.6 Å². The minimum Gasteiger partial charge on any atom is -0.379 e. The maximum Gasteiger partial charge on any atom is 0.0865 e. The molecule has 0 bridgehead atoms. The smallest absolute Gasteiger partial charge is 0.0865 e. The third-order valence-corrected chi connectivity index (χ3v) is 3.63. The van der Waals surface area contributed by atoms with Crippen LogP contribution in [0.3, 0.4) is 0 Å². The molecule has 1 aromatic heterocycles. The Hall–Kier alpha value is -1.48. The van der Waals surface area contributed by atoms with Crippen LogP contribution in [0.25, 0.3) is 0 Å². The summed E-state index contributed by atoms with van der Waals surface area (Å²) in [6.45, 7) is 9.74. The minimum absolute atomic E-state index is 0.691. The second-order valence-corrected chi connectivity index (χ2v) is 5.27. The molecule has 0 aliphatic heterocycles. The van der Waals surface area contributed by atoms with E-state index in [1.807, 2.05) is 11.6 Å². The lowest BCUT2D eigenvalue weighted by atomic mass is 10.1. The monoisotopic (exact) mass is 277 g/mol. The number of hydrogen-bond donors (Lipinski definition) is 1. The average molecular weight is 278 g/mol. The van der Waals surface area contributed by atoms with Gasteiger partial charge in [0.1, 0.15) is 0 Å². The van der Waals surface area contributed by atoms with Crippen LogP contribution in [0.1, 0.15) is 29.4 Å². The molecule has 0 fully saturated rings. The van der Waals surface area contributed by atoms with E-state index in [9.17, 15) is 0 Å². The third-order valence-electron chi connectivity index (χ3n) is 3.13. The summed E-state index contributed by atoms with van der Waals surface area (Å²) in [5.74, 6) is 0. The van der Waals surface area contributed by atoms with Crippen molar-refractivity contribution in [3.05, 3.63) is 45.7 Å². The summed E-state index contributed by atoms with van der Waals surface area (Å²) in [5, 5.41) is 8.61. The molecule has 0 spiro atoms. The van der Waals surface area contributed by atoms with E-state index in [0.29, 0.717) is 6.54 Å². The quantitative estimate of drug-likeness (QED) is 0.912. The number of nitrogens with one attached hydrogen (secondary N) is 1. The first kappa shape index (κ1) is 13.9. The van der Waals surface area contributed by atoms with E-state index >= 15 is 0 Å². The molecule has 0 amide bonds. The van der Waals surface area contributed by atoms with Crippen molar-refractivity contribution in [1.82, 2.24) is 9.78 Å². The van der Waals surface area contributed by atoms with Gasteiger partial charge >= 0.3 is 0 Å². The minimum atomic E-state index is 0.691. The lowest BCUT2D eigenvalue weighted by Gasteiger charge is -2.10. The maximum absolute atomic E-state index is 6.30. The zero-order chi connectivity index (χ0) is 14.0. The second-order valence-electron chi connectivity index (χ2n) is 4.89. The Morgan fingerprint density at radius 1 is 1.16 bits per heavy atom. The Balaban J connectivity index is 2.18. The molecule has 0 aliphatic rings. The van der Waals surface area contributed by atoms with Crippen LogP contribution in [0.4, 0.5) is 5.69 Å². The van der Waals surface area contributed by atoms with Crippen LogP contribution in [-0.4, -0.2) is 9.78 Å². The fourth-order valence-corrected chi connectivity index (χ4v) is 2.50. The third kappa shape index (κ3) is 3.10. The van der Waals surface area contributed by atoms with Crippen LogP contribution in [-0.2, 0) is 13.1 Å². The van der Waals surface area contributed by atoms with Crippen molar-refractivity contribution in [3.63, 3.8) is 0 Å². The maximum atomic E-state index is 6.30. The number of rotatable bonds is 4. The number of benzene rings is 1. The predicted molar refractivity (Wildman–Crippen MR) is 80.9 cm³/mol. The molecule has 0 aliphatic carbocycles. The fourth-order valence-electron chi connectivity index (χ4n) is 2.30. The molecule has 2 rings (SSSR count). The van der Waals surface area contributed by atoms with E-state index in [2.05, 4.69) is 49.4 Å². The van der Waals surface area contributed by atoms with Gasteiger partial charge in [-0.3, -0.25) is 4.68 Å². The van der Waals surface area contributed by atoms with Gasteiger partial charge in [-0.15, -0.1) is 0 Å². The number of hydrogen-bond acceptors (Lipinski definition) is 2. The first-order chi connectivity index (χ1) is 9.01. The Bertz CT molecular complexity index is 567. The largest absolute Gasteiger partial charge is 0.379 e. The van der Waals surface area contributed by atoms with Gasteiger partial charge in [0.2, 0.25) is 0 Å². The predicted octanol–water partition coefficient (Wildman–Crippen LogP) is 4.09. The number of halogens is 1. The van der Waals surface area contributed by atoms with Crippen LogP contribution >= 0.6 is 11.6 Å². The highest BCUT2D eigenvalue weighted by atomic mass is 35.5. The second kappa shape index (κ2) is 5.66. The van der Waals surface area contributed by atoms with Crippen molar-refractivity contribution in [2.24, 2.45) is 0 Å². The van der Waals surface area contributed by atoms with E-state index < -0.39 is 0 Å². The van der Waals surface area contributed by atoms with E-state index in [-0.39, 0.29) is 0 Å². The van der Waals surface area contributed by atoms with Gasteiger partial charge in [-0.2, -0.15) is 5.10 Å². The van der Waals surface area contributed by atoms with Gasteiger partial charge in [0.25, 0.3) is 0 Å². The van der Waals surface area contributed by atoms with Crippen molar-refractivity contribution in [1.29, 1.82) is 0 Å². The molecule has 0 saturated heterocycles. The number of aryl methyl sites for hydroxylation is 4. The van der Waals surface area contributed by atoms with Crippen molar-refractivity contribution in [2.45, 2.75) is 40.8 Å². The standard InChI is InChI=1S/C15H20ClN3/c1-5-19-14(15(16)12(4)18-19)9-17-13-7-10(2)6-11(3)8-13/h6-8,17H,5,9H2,1-4H3. The SMILES string of the molecule is CCn1nc(C)c(Cl)c1CNc1cc(C)cc(C)c1. The molecule has 2 aromatic rings. The van der Waals surface area contributed by atoms with Crippen molar-refractivity contribution in [2.75, 3.05) is 5.32 Å². The Kier molecular flexibility index (Phi) is 4.15. The zero-order valence-corrected chi connectivity index (χ0v) is 12.7. The topological polar surface area (TPSA) is 29.9 Å². The molecule has 3 nitrogen and oxygen atoms in total. The van der Waals surface area contributed by atoms with Gasteiger partial charge in [-0.25, -0.2) is 0 Å². The molecular weight excluding hydrogens is 258 g/mol. The number of nitrogens with zero attached hydrogens (tertiary/aromatic N) is 2. The van der Waals surface area contributed by atoms with Crippen molar-refractivity contribution in [3.8, 4) is 0 Å². The molecule has 0 radical (unpaired) electrons. The lowest BCUT2D eigenvalue weighted by molar-refractivity contribution is 0.623. The summed E-state index contributed by atoms with van der Waals surface area (Å²) in [6.07, 6.45) is 0. The van der Waals surface area contributed by atoms with Gasteiger partial charge in [0.15, 0.2) is 0 Å². The van der Waals surface area contributed by atoms with E-state index in [1.54, 1.807) is 0 Å². The number of anilines is 1. The summed E-state index contributed by atoms with van der Waals surface area (Å²) in [7, 11) is 0. The Morgan fingerprint density at radius 2 is 1.79 bits per heavy atom. The highest BCUT2D eigenvalue weighted by Gasteiger charge is 2.11. The van der Waals surface area contributed by atoms with E-state index in [0.717, 1.165) is 28.6 Å². The van der Waals surface area contributed by atoms with Crippen LogP contribution in [0.15, 0.2) is 18.2 Å². The molecule has 4 heteroatoms. The summed E-state index contributed by atoms with van der Waals surface area (Å²) >= 11 is 6.30. The summed E-state index contributed by atoms with van der Waals surface area (Å²) in [4.78, 5) is 0. The molecule has 19 heavy (non-hydrogen) atoms. The van der Waals surface area contributed by atoms with Gasteiger partial charge < -0.3 is 5.32 Å². The van der Waals surface area contributed by atoms with Gasteiger partial charge in [0, 0.05) is 12.2 Å². The van der Waals surface area contributed by atoms with Crippen LogP contribution in [0.5, 0.6) is 0 Å². The highest BCUT2D eigenvalue weighted by molar-refractivity contribution is 6.31. The molecule has 0 atom stereocenters. The molecule has 0 unspecified atom stereocenters.